The first-order chi connectivity index (χ1) is 11.2. The van der Waals surface area contributed by atoms with Gasteiger partial charge in [-0.1, -0.05) is 18.2 Å². The maximum Gasteiger partial charge on any atom is 0.269 e. The van der Waals surface area contributed by atoms with E-state index in [-0.39, 0.29) is 5.91 Å². The van der Waals surface area contributed by atoms with Crippen LogP contribution < -0.4 is 15.4 Å². The topological polar surface area (TPSA) is 63.2 Å². The maximum atomic E-state index is 12.0. The van der Waals surface area contributed by atoms with Crippen molar-refractivity contribution in [2.24, 2.45) is 0 Å². The second-order valence-corrected chi connectivity index (χ2v) is 4.96. The lowest BCUT2D eigenvalue weighted by Crippen LogP contribution is -2.26. The molecule has 1 amide bonds. The van der Waals surface area contributed by atoms with Gasteiger partial charge < -0.3 is 15.4 Å². The number of nitrogens with zero attached hydrogens (tertiary/aromatic N) is 1. The molecule has 2 aromatic rings. The minimum Gasteiger partial charge on any atom is -0.497 e. The number of aromatic nitrogens is 1. The first kappa shape index (κ1) is 16.5. The quantitative estimate of drug-likeness (QED) is 0.736. The minimum absolute atomic E-state index is 0.178. The molecule has 2 rings (SSSR count). The number of anilines is 1. The fourth-order valence-electron chi connectivity index (χ4n) is 2.06. The number of hydrogen-bond acceptors (Lipinski definition) is 4. The lowest BCUT2D eigenvalue weighted by atomic mass is 10.1. The number of pyridine rings is 1. The molecule has 0 atom stereocenters. The minimum atomic E-state index is -0.178. The van der Waals surface area contributed by atoms with E-state index in [4.69, 9.17) is 4.74 Å². The number of nitrogens with one attached hydrogen (secondary N) is 2. The van der Waals surface area contributed by atoms with Crippen molar-refractivity contribution in [3.05, 3.63) is 66.5 Å². The predicted molar refractivity (Wildman–Crippen MR) is 92.0 cm³/mol. The van der Waals surface area contributed by atoms with E-state index in [0.717, 1.165) is 23.4 Å². The van der Waals surface area contributed by atoms with Gasteiger partial charge in [0.1, 0.15) is 11.4 Å². The third-order valence-electron chi connectivity index (χ3n) is 3.28. The van der Waals surface area contributed by atoms with E-state index >= 15 is 0 Å². The van der Waals surface area contributed by atoms with Gasteiger partial charge in [0, 0.05) is 13.1 Å². The normalized spacial score (nSPS) is 9.96. The maximum absolute atomic E-state index is 12.0. The highest BCUT2D eigenvalue weighted by atomic mass is 16.5. The van der Waals surface area contributed by atoms with E-state index in [1.54, 1.807) is 25.4 Å². The number of hydrogen-bond donors (Lipinski definition) is 2. The van der Waals surface area contributed by atoms with E-state index in [1.807, 2.05) is 30.3 Å². The van der Waals surface area contributed by atoms with E-state index < -0.39 is 0 Å². The Hall–Kier alpha value is -2.82. The summed E-state index contributed by atoms with van der Waals surface area (Å²) < 4.78 is 5.18. The molecule has 0 bridgehead atoms. The van der Waals surface area contributed by atoms with Crippen LogP contribution in [0.15, 0.2) is 55.3 Å². The van der Waals surface area contributed by atoms with Gasteiger partial charge in [0.2, 0.25) is 0 Å². The SMILES string of the molecule is C=CCNc1ccc(C(=O)NCCc2cccc(OC)c2)nc1. The molecule has 2 N–H and O–H groups in total. The lowest BCUT2D eigenvalue weighted by molar-refractivity contribution is 0.0949. The summed E-state index contributed by atoms with van der Waals surface area (Å²) >= 11 is 0. The van der Waals surface area contributed by atoms with E-state index in [1.165, 1.54) is 0 Å². The first-order valence-electron chi connectivity index (χ1n) is 7.45. The van der Waals surface area contributed by atoms with Crippen LogP contribution in [0.2, 0.25) is 0 Å². The van der Waals surface area contributed by atoms with Crippen molar-refractivity contribution in [2.75, 3.05) is 25.5 Å². The van der Waals surface area contributed by atoms with E-state index in [9.17, 15) is 4.79 Å². The summed E-state index contributed by atoms with van der Waals surface area (Å²) in [6.45, 7) is 4.84. The second-order valence-electron chi connectivity index (χ2n) is 4.96. The molecule has 0 spiro atoms. The van der Waals surface area contributed by atoms with Crippen LogP contribution in [0, 0.1) is 0 Å². The Morgan fingerprint density at radius 2 is 2.22 bits per heavy atom. The molecule has 120 valence electrons. The van der Waals surface area contributed by atoms with Crippen molar-refractivity contribution >= 4 is 11.6 Å². The number of ether oxygens (including phenoxy) is 1. The Morgan fingerprint density at radius 1 is 1.35 bits per heavy atom. The summed E-state index contributed by atoms with van der Waals surface area (Å²) in [5.41, 5.74) is 2.37. The molecule has 0 saturated heterocycles. The van der Waals surface area contributed by atoms with E-state index in [0.29, 0.717) is 18.8 Å². The fraction of sp³-hybridized carbons (Fsp3) is 0.222. The van der Waals surface area contributed by atoms with Gasteiger partial charge in [-0.25, -0.2) is 4.98 Å². The summed E-state index contributed by atoms with van der Waals surface area (Å²) in [5, 5.41) is 5.98. The molecular formula is C18H21N3O2. The standard InChI is InChI=1S/C18H21N3O2/c1-3-10-19-15-7-8-17(21-13-15)18(22)20-11-9-14-5-4-6-16(12-14)23-2/h3-8,12-13,19H,1,9-11H2,2H3,(H,20,22). The molecule has 23 heavy (non-hydrogen) atoms. The third kappa shape index (κ3) is 5.14. The highest BCUT2D eigenvalue weighted by Crippen LogP contribution is 2.12. The highest BCUT2D eigenvalue weighted by molar-refractivity contribution is 5.92. The Balaban J connectivity index is 1.83. The number of carbonyl (C=O) groups excluding carboxylic acids is 1. The predicted octanol–water partition coefficient (Wildman–Crippen LogP) is 2.66. The second kappa shape index (κ2) is 8.58. The fourth-order valence-corrected chi connectivity index (χ4v) is 2.06. The largest absolute Gasteiger partial charge is 0.497 e. The number of methoxy groups -OCH3 is 1. The zero-order valence-electron chi connectivity index (χ0n) is 13.2. The third-order valence-corrected chi connectivity index (χ3v) is 3.28. The molecule has 5 nitrogen and oxygen atoms in total. The van der Waals surface area contributed by atoms with Crippen LogP contribution in [-0.4, -0.2) is 31.1 Å². The average Bonchev–Trinajstić information content (AvgIpc) is 2.60. The molecule has 0 saturated carbocycles. The molecule has 1 heterocycles. The van der Waals surface area contributed by atoms with Crippen LogP contribution in [0.5, 0.6) is 5.75 Å². The monoisotopic (exact) mass is 311 g/mol. The van der Waals surface area contributed by atoms with Crippen molar-refractivity contribution in [3.8, 4) is 5.75 Å². The summed E-state index contributed by atoms with van der Waals surface area (Å²) in [4.78, 5) is 16.2. The van der Waals surface area contributed by atoms with Gasteiger partial charge in [-0.2, -0.15) is 0 Å². The van der Waals surface area contributed by atoms with Crippen molar-refractivity contribution in [1.29, 1.82) is 0 Å². The Kier molecular flexibility index (Phi) is 6.17. The van der Waals surface area contributed by atoms with Crippen LogP contribution >= 0.6 is 0 Å². The van der Waals surface area contributed by atoms with Gasteiger partial charge in [-0.3, -0.25) is 4.79 Å². The van der Waals surface area contributed by atoms with Crippen LogP contribution in [0.25, 0.3) is 0 Å². The molecule has 1 aromatic carbocycles. The van der Waals surface area contributed by atoms with Crippen LogP contribution in [-0.2, 0) is 6.42 Å². The Bertz CT molecular complexity index is 654. The smallest absolute Gasteiger partial charge is 0.269 e. The molecule has 0 fully saturated rings. The van der Waals surface area contributed by atoms with Crippen LogP contribution in [0.4, 0.5) is 5.69 Å². The summed E-state index contributed by atoms with van der Waals surface area (Å²) in [7, 11) is 1.64. The molecule has 0 aliphatic rings. The molecule has 0 aliphatic heterocycles. The molecule has 1 aromatic heterocycles. The lowest BCUT2D eigenvalue weighted by Gasteiger charge is -2.07. The number of rotatable bonds is 8. The molecule has 0 unspecified atom stereocenters. The number of benzene rings is 1. The molecule has 0 aliphatic carbocycles. The summed E-state index contributed by atoms with van der Waals surface area (Å²) in [6, 6.07) is 11.3. The zero-order chi connectivity index (χ0) is 16.5. The first-order valence-corrected chi connectivity index (χ1v) is 7.45. The van der Waals surface area contributed by atoms with Gasteiger partial charge in [0.05, 0.1) is 19.0 Å². The summed E-state index contributed by atoms with van der Waals surface area (Å²) in [5.74, 6) is 0.640. The van der Waals surface area contributed by atoms with Gasteiger partial charge in [0.15, 0.2) is 0 Å². The van der Waals surface area contributed by atoms with Crippen molar-refractivity contribution in [1.82, 2.24) is 10.3 Å². The average molecular weight is 311 g/mol. The Morgan fingerprint density at radius 3 is 2.91 bits per heavy atom. The molecule has 0 radical (unpaired) electrons. The van der Waals surface area contributed by atoms with Crippen molar-refractivity contribution in [3.63, 3.8) is 0 Å². The number of amides is 1. The molecular weight excluding hydrogens is 290 g/mol. The highest BCUT2D eigenvalue weighted by Gasteiger charge is 2.06. The van der Waals surface area contributed by atoms with Gasteiger partial charge >= 0.3 is 0 Å². The summed E-state index contributed by atoms with van der Waals surface area (Å²) in [6.07, 6.45) is 4.14. The Labute approximate surface area is 136 Å². The van der Waals surface area contributed by atoms with Crippen LogP contribution in [0.3, 0.4) is 0 Å². The zero-order valence-corrected chi connectivity index (χ0v) is 13.2. The van der Waals surface area contributed by atoms with Gasteiger partial charge in [-0.15, -0.1) is 6.58 Å². The van der Waals surface area contributed by atoms with Crippen molar-refractivity contribution < 1.29 is 9.53 Å². The van der Waals surface area contributed by atoms with Gasteiger partial charge in [0.25, 0.3) is 5.91 Å². The van der Waals surface area contributed by atoms with E-state index in [2.05, 4.69) is 22.2 Å². The van der Waals surface area contributed by atoms with Gasteiger partial charge in [-0.05, 0) is 36.2 Å². The number of carbonyl (C=O) groups is 1. The van der Waals surface area contributed by atoms with Crippen molar-refractivity contribution in [2.45, 2.75) is 6.42 Å². The molecule has 5 heteroatoms. The van der Waals surface area contributed by atoms with Crippen LogP contribution in [0.1, 0.15) is 16.1 Å².